The van der Waals surface area contributed by atoms with E-state index in [1.807, 2.05) is 0 Å². The number of nitrogens with one attached hydrogen (secondary N) is 2. The van der Waals surface area contributed by atoms with Crippen LogP contribution in [0.2, 0.25) is 5.02 Å². The summed E-state index contributed by atoms with van der Waals surface area (Å²) in [6.45, 7) is 0. The van der Waals surface area contributed by atoms with Crippen molar-refractivity contribution in [3.8, 4) is 11.5 Å². The molecule has 6 rings (SSSR count). The lowest BCUT2D eigenvalue weighted by Crippen LogP contribution is -2.61. The molecule has 4 aliphatic rings. The van der Waals surface area contributed by atoms with Crippen LogP contribution in [0.5, 0.6) is 11.5 Å². The number of carbonyl (C=O) groups is 2. The average Bonchev–Trinajstić information content (AvgIpc) is 2.78. The number of benzene rings is 1. The molecule has 1 aromatic carbocycles. The molecule has 36 heavy (non-hydrogen) atoms. The lowest BCUT2D eigenvalue weighted by molar-refractivity contribution is -0.274. The number of nitrogens with zero attached hydrogens (tertiary/aromatic N) is 1. The third-order valence-electron chi connectivity index (χ3n) is 7.03. The quantitative estimate of drug-likeness (QED) is 0.551. The first kappa shape index (κ1) is 24.6. The van der Waals surface area contributed by atoms with Crippen LogP contribution < -0.4 is 20.1 Å². The van der Waals surface area contributed by atoms with Crippen molar-refractivity contribution in [2.24, 2.45) is 11.8 Å². The Morgan fingerprint density at radius 2 is 1.78 bits per heavy atom. The molecule has 192 valence electrons. The summed E-state index contributed by atoms with van der Waals surface area (Å²) in [6, 6.07) is 6.66. The topological polar surface area (TPSA) is 110 Å². The molecule has 1 aliphatic heterocycles. The number of fused-ring (bicyclic) bond motifs is 3. The molecule has 2 heterocycles. The van der Waals surface area contributed by atoms with Gasteiger partial charge >= 0.3 is 6.36 Å². The van der Waals surface area contributed by atoms with Crippen LogP contribution in [0.1, 0.15) is 47.8 Å². The number of ether oxygens (including phenoxy) is 2. The van der Waals surface area contributed by atoms with E-state index in [9.17, 15) is 27.9 Å². The number of aliphatic hydroxyl groups excluding tert-OH is 1. The predicted molar refractivity (Wildman–Crippen MR) is 120 cm³/mol. The van der Waals surface area contributed by atoms with E-state index in [0.717, 1.165) is 25.1 Å². The maximum absolute atomic E-state index is 13.0. The van der Waals surface area contributed by atoms with Crippen LogP contribution in [-0.2, 0) is 4.79 Å². The van der Waals surface area contributed by atoms with Crippen LogP contribution in [0.3, 0.4) is 0 Å². The molecule has 3 N–H and O–H groups in total. The Hall–Kier alpha value is -3.05. The van der Waals surface area contributed by atoms with Crippen molar-refractivity contribution < 1.29 is 37.3 Å². The monoisotopic (exact) mass is 525 g/mol. The van der Waals surface area contributed by atoms with Crippen LogP contribution in [-0.4, -0.2) is 46.5 Å². The highest BCUT2D eigenvalue weighted by molar-refractivity contribution is 6.30. The van der Waals surface area contributed by atoms with Crippen molar-refractivity contribution in [1.82, 2.24) is 15.6 Å². The second-order valence-electron chi connectivity index (χ2n) is 9.39. The van der Waals surface area contributed by atoms with Gasteiger partial charge in [0, 0.05) is 29.1 Å². The van der Waals surface area contributed by atoms with Gasteiger partial charge in [0.15, 0.2) is 6.10 Å². The summed E-state index contributed by atoms with van der Waals surface area (Å²) < 4.78 is 46.5. The molecule has 2 aromatic rings. The molecule has 2 bridgehead atoms. The minimum absolute atomic E-state index is 0.0325. The van der Waals surface area contributed by atoms with Crippen LogP contribution in [0, 0.1) is 11.8 Å². The van der Waals surface area contributed by atoms with Gasteiger partial charge < -0.3 is 25.2 Å². The SMILES string of the molecule is O=C(N[C@H]1CC(NC(=O)[C@H]2C[C@@H](O)c3cc(Cl)ccc3O2)C2CC1C2)c1ccc(OC(F)(F)F)cn1. The maximum atomic E-state index is 13.0. The lowest BCUT2D eigenvalue weighted by Gasteiger charge is -2.51. The number of pyridine rings is 1. The molecule has 3 saturated carbocycles. The zero-order valence-electron chi connectivity index (χ0n) is 18.8. The highest BCUT2D eigenvalue weighted by Crippen LogP contribution is 2.46. The third-order valence-corrected chi connectivity index (χ3v) is 7.27. The maximum Gasteiger partial charge on any atom is 0.573 e. The van der Waals surface area contributed by atoms with Crippen molar-refractivity contribution in [2.75, 3.05) is 0 Å². The molecular weight excluding hydrogens is 503 g/mol. The predicted octanol–water partition coefficient (Wildman–Crippen LogP) is 3.53. The van der Waals surface area contributed by atoms with Gasteiger partial charge in [0.05, 0.1) is 12.3 Å². The largest absolute Gasteiger partial charge is 0.573 e. The normalized spacial score (nSPS) is 28.7. The molecule has 2 amide bonds. The van der Waals surface area contributed by atoms with Gasteiger partial charge in [0.1, 0.15) is 17.2 Å². The fourth-order valence-electron chi connectivity index (χ4n) is 5.18. The van der Waals surface area contributed by atoms with Crippen molar-refractivity contribution in [2.45, 2.75) is 56.3 Å². The van der Waals surface area contributed by atoms with Crippen molar-refractivity contribution in [3.63, 3.8) is 0 Å². The molecular formula is C24H23ClF3N3O5. The van der Waals surface area contributed by atoms with Crippen LogP contribution in [0.15, 0.2) is 36.5 Å². The second-order valence-corrected chi connectivity index (χ2v) is 9.83. The van der Waals surface area contributed by atoms with Gasteiger partial charge in [0.2, 0.25) is 0 Å². The van der Waals surface area contributed by atoms with Crippen LogP contribution in [0.25, 0.3) is 0 Å². The Morgan fingerprint density at radius 3 is 2.44 bits per heavy atom. The van der Waals surface area contributed by atoms with Gasteiger partial charge in [-0.15, -0.1) is 13.2 Å². The summed E-state index contributed by atoms with van der Waals surface area (Å²) in [6.07, 6.45) is -3.48. The molecule has 1 unspecified atom stereocenters. The summed E-state index contributed by atoms with van der Waals surface area (Å²) in [5, 5.41) is 16.8. The molecule has 3 aliphatic carbocycles. The highest BCUT2D eigenvalue weighted by atomic mass is 35.5. The van der Waals surface area contributed by atoms with Gasteiger partial charge in [-0.2, -0.15) is 0 Å². The number of hydrogen-bond donors (Lipinski definition) is 3. The first-order chi connectivity index (χ1) is 17.1. The van der Waals surface area contributed by atoms with Crippen LogP contribution >= 0.6 is 11.6 Å². The first-order valence-electron chi connectivity index (χ1n) is 11.5. The molecule has 3 fully saturated rings. The summed E-state index contributed by atoms with van der Waals surface area (Å²) in [5.41, 5.74) is 0.510. The third kappa shape index (κ3) is 5.22. The molecule has 0 saturated heterocycles. The molecule has 0 spiro atoms. The first-order valence-corrected chi connectivity index (χ1v) is 11.9. The van der Waals surface area contributed by atoms with Crippen molar-refractivity contribution >= 4 is 23.4 Å². The van der Waals surface area contributed by atoms with Gasteiger partial charge in [-0.3, -0.25) is 9.59 Å². The number of amides is 2. The number of alkyl halides is 3. The smallest absolute Gasteiger partial charge is 0.480 e. The van der Waals surface area contributed by atoms with E-state index >= 15 is 0 Å². The molecule has 4 atom stereocenters. The van der Waals surface area contributed by atoms with E-state index in [1.54, 1.807) is 18.2 Å². The molecule has 12 heteroatoms. The van der Waals surface area contributed by atoms with Crippen molar-refractivity contribution in [1.29, 1.82) is 0 Å². The van der Waals surface area contributed by atoms with Gasteiger partial charge in [-0.25, -0.2) is 4.98 Å². The number of aliphatic hydroxyl groups is 1. The fourth-order valence-corrected chi connectivity index (χ4v) is 5.36. The number of hydrogen-bond acceptors (Lipinski definition) is 6. The zero-order valence-corrected chi connectivity index (χ0v) is 19.6. The Labute approximate surface area is 209 Å². The van der Waals surface area contributed by atoms with E-state index in [0.29, 0.717) is 22.8 Å². The van der Waals surface area contributed by atoms with E-state index in [-0.39, 0.29) is 41.9 Å². The summed E-state index contributed by atoms with van der Waals surface area (Å²) in [7, 11) is 0. The lowest BCUT2D eigenvalue weighted by atomic mass is 9.60. The summed E-state index contributed by atoms with van der Waals surface area (Å²) in [5.74, 6) is -0.412. The number of carbonyl (C=O) groups excluding carboxylic acids is 2. The minimum Gasteiger partial charge on any atom is -0.480 e. The van der Waals surface area contributed by atoms with E-state index in [1.165, 1.54) is 6.07 Å². The van der Waals surface area contributed by atoms with E-state index in [4.69, 9.17) is 16.3 Å². The van der Waals surface area contributed by atoms with Crippen LogP contribution in [0.4, 0.5) is 13.2 Å². The van der Waals surface area contributed by atoms with Gasteiger partial charge in [-0.1, -0.05) is 11.6 Å². The Kier molecular flexibility index (Phi) is 6.46. The molecule has 8 nitrogen and oxygen atoms in total. The fraction of sp³-hybridized carbons (Fsp3) is 0.458. The van der Waals surface area contributed by atoms with Gasteiger partial charge in [0.25, 0.3) is 11.8 Å². The minimum atomic E-state index is -4.84. The van der Waals surface area contributed by atoms with E-state index < -0.39 is 30.2 Å². The standard InChI is InChI=1S/C24H23ClF3N3O5/c25-13-1-4-20-15(7-13)19(32)9-21(35-20)23(34)31-18-8-17(11-5-12(18)6-11)30-22(33)16-3-2-14(10-29-16)36-24(26,27)28/h1-4,7,10-12,17-19,21,32H,5-6,8-9H2,(H,30,33)(H,31,34)/t11?,12?,17-,18?,19+,21+/m0/s1. The van der Waals surface area contributed by atoms with Gasteiger partial charge in [-0.05, 0) is 61.4 Å². The Morgan fingerprint density at radius 1 is 1.06 bits per heavy atom. The highest BCUT2D eigenvalue weighted by Gasteiger charge is 2.47. The van der Waals surface area contributed by atoms with E-state index in [2.05, 4.69) is 20.4 Å². The number of halogens is 4. The Bertz CT molecular complexity index is 1160. The summed E-state index contributed by atoms with van der Waals surface area (Å²) in [4.78, 5) is 29.4. The zero-order chi connectivity index (χ0) is 25.6. The van der Waals surface area contributed by atoms with Crippen molar-refractivity contribution in [3.05, 3.63) is 52.8 Å². The average molecular weight is 526 g/mol. The molecule has 1 aromatic heterocycles. The molecule has 0 radical (unpaired) electrons. The second kappa shape index (κ2) is 9.44. The summed E-state index contributed by atoms with van der Waals surface area (Å²) >= 11 is 5.98. The Balaban J connectivity index is 1.18. The number of rotatable bonds is 5. The number of aromatic nitrogens is 1.